The van der Waals surface area contributed by atoms with Crippen molar-refractivity contribution in [1.82, 2.24) is 20.0 Å². The van der Waals surface area contributed by atoms with E-state index in [9.17, 15) is 4.79 Å². The summed E-state index contributed by atoms with van der Waals surface area (Å²) in [6.45, 7) is 4.39. The highest BCUT2D eigenvalue weighted by atomic mass is 16.5. The van der Waals surface area contributed by atoms with Gasteiger partial charge >= 0.3 is 0 Å². The monoisotopic (exact) mass is 438 g/mol. The summed E-state index contributed by atoms with van der Waals surface area (Å²) in [7, 11) is 0. The first-order chi connectivity index (χ1) is 15.8. The number of nitrogens with zero attached hydrogens (tertiary/aromatic N) is 3. The van der Waals surface area contributed by atoms with E-state index in [1.165, 1.54) is 0 Å². The number of hydrogen-bond acceptors (Lipinski definition) is 6. The van der Waals surface area contributed by atoms with Crippen molar-refractivity contribution in [2.45, 2.75) is 38.0 Å². The summed E-state index contributed by atoms with van der Waals surface area (Å²) < 4.78 is 16.8. The molecule has 170 valence electrons. The second kappa shape index (κ2) is 9.83. The fraction of sp³-hybridized carbons (Fsp3) is 0.542. The lowest BCUT2D eigenvalue weighted by Crippen LogP contribution is -2.39. The lowest BCUT2D eigenvalue weighted by Gasteiger charge is -2.31. The van der Waals surface area contributed by atoms with Crippen LogP contribution in [0.3, 0.4) is 0 Å². The van der Waals surface area contributed by atoms with Crippen molar-refractivity contribution in [3.63, 3.8) is 0 Å². The number of fused-ring (bicyclic) bond motifs is 1. The highest BCUT2D eigenvalue weighted by Crippen LogP contribution is 2.27. The number of likely N-dealkylation sites (tertiary alicyclic amines) is 1. The van der Waals surface area contributed by atoms with E-state index in [1.54, 1.807) is 0 Å². The van der Waals surface area contributed by atoms with Crippen molar-refractivity contribution in [3.05, 3.63) is 47.7 Å². The molecule has 2 fully saturated rings. The summed E-state index contributed by atoms with van der Waals surface area (Å²) in [6.07, 6.45) is 6.54. The number of benzene rings is 1. The van der Waals surface area contributed by atoms with E-state index < -0.39 is 0 Å². The zero-order chi connectivity index (χ0) is 21.8. The first-order valence-corrected chi connectivity index (χ1v) is 11.6. The van der Waals surface area contributed by atoms with Crippen LogP contribution in [-0.2, 0) is 15.9 Å². The van der Waals surface area contributed by atoms with Crippen molar-refractivity contribution in [3.8, 4) is 0 Å². The van der Waals surface area contributed by atoms with Crippen LogP contribution < -0.4 is 0 Å². The van der Waals surface area contributed by atoms with Gasteiger partial charge in [-0.15, -0.1) is 0 Å². The summed E-state index contributed by atoms with van der Waals surface area (Å²) in [5, 5.41) is 5.19. The average molecular weight is 439 g/mol. The van der Waals surface area contributed by atoms with Crippen molar-refractivity contribution >= 4 is 16.8 Å². The van der Waals surface area contributed by atoms with Gasteiger partial charge in [0.1, 0.15) is 0 Å². The molecule has 0 spiro atoms. The number of nitrogens with one attached hydrogen (secondary N) is 1. The normalized spacial score (nSPS) is 20.1. The summed E-state index contributed by atoms with van der Waals surface area (Å²) in [6, 6.07) is 7.77. The van der Waals surface area contributed by atoms with Gasteiger partial charge in [0.2, 0.25) is 5.89 Å². The molecule has 1 atom stereocenters. The van der Waals surface area contributed by atoms with Gasteiger partial charge in [0, 0.05) is 62.0 Å². The van der Waals surface area contributed by atoms with Gasteiger partial charge in [-0.1, -0.05) is 5.16 Å². The molecule has 1 aromatic carbocycles. The Labute approximate surface area is 187 Å². The number of H-pyrrole nitrogens is 1. The molecule has 1 N–H and O–H groups in total. The Bertz CT molecular complexity index is 1040. The molecule has 0 aliphatic carbocycles. The van der Waals surface area contributed by atoms with Crippen LogP contribution in [0.4, 0.5) is 0 Å². The molecule has 3 aromatic rings. The minimum Gasteiger partial charge on any atom is -0.381 e. The molecule has 5 rings (SSSR count). The van der Waals surface area contributed by atoms with E-state index in [-0.39, 0.29) is 11.8 Å². The standard InChI is InChI=1S/C24H30N4O4/c29-24(19-3-4-21-18(14-19)5-9-25-21)28-10-1-2-20(15-28)23-26-22(27-32-23)8-13-31-16-17-6-11-30-12-7-17/h3-5,9,14,17,20,25H,1-2,6-8,10-13,15-16H2. The second-order valence-corrected chi connectivity index (χ2v) is 8.80. The Morgan fingerprint density at radius 3 is 3.03 bits per heavy atom. The summed E-state index contributed by atoms with van der Waals surface area (Å²) >= 11 is 0. The van der Waals surface area contributed by atoms with Crippen molar-refractivity contribution in [2.75, 3.05) is 39.5 Å². The number of amides is 1. The van der Waals surface area contributed by atoms with Crippen LogP contribution in [0.5, 0.6) is 0 Å². The molecule has 2 aliphatic heterocycles. The summed E-state index contributed by atoms with van der Waals surface area (Å²) in [4.78, 5) is 22.7. The topological polar surface area (TPSA) is 93.5 Å². The highest BCUT2D eigenvalue weighted by Gasteiger charge is 2.29. The van der Waals surface area contributed by atoms with Crippen LogP contribution in [0.1, 0.15) is 53.7 Å². The number of rotatable bonds is 7. The van der Waals surface area contributed by atoms with Crippen LogP contribution >= 0.6 is 0 Å². The molecule has 0 bridgehead atoms. The minimum absolute atomic E-state index is 0.0547. The predicted octanol–water partition coefficient (Wildman–Crippen LogP) is 3.56. The number of ether oxygens (including phenoxy) is 2. The van der Waals surface area contributed by atoms with Gasteiger partial charge in [-0.05, 0) is 55.9 Å². The highest BCUT2D eigenvalue weighted by molar-refractivity contribution is 5.98. The SMILES string of the molecule is O=C(c1ccc2[nH]ccc2c1)N1CCCC(c2nc(CCOCC3CCOCC3)no2)C1. The molecule has 8 nitrogen and oxygen atoms in total. The molecule has 2 aromatic heterocycles. The fourth-order valence-electron chi connectivity index (χ4n) is 4.59. The van der Waals surface area contributed by atoms with E-state index in [4.69, 9.17) is 14.0 Å². The zero-order valence-corrected chi connectivity index (χ0v) is 18.3. The van der Waals surface area contributed by atoms with E-state index >= 15 is 0 Å². The maximum Gasteiger partial charge on any atom is 0.253 e. The van der Waals surface area contributed by atoms with Crippen molar-refractivity contribution < 1.29 is 18.8 Å². The zero-order valence-electron chi connectivity index (χ0n) is 18.3. The number of hydrogen-bond donors (Lipinski definition) is 1. The minimum atomic E-state index is 0.0547. The molecule has 0 radical (unpaired) electrons. The Hall–Kier alpha value is -2.71. The van der Waals surface area contributed by atoms with Gasteiger partial charge in [-0.3, -0.25) is 4.79 Å². The van der Waals surface area contributed by atoms with Gasteiger partial charge in [-0.25, -0.2) is 0 Å². The molecular weight excluding hydrogens is 408 g/mol. The van der Waals surface area contributed by atoms with Crippen LogP contribution in [0.25, 0.3) is 10.9 Å². The third-order valence-electron chi connectivity index (χ3n) is 6.51. The smallest absolute Gasteiger partial charge is 0.253 e. The third kappa shape index (κ3) is 4.86. The van der Waals surface area contributed by atoms with Gasteiger partial charge in [0.15, 0.2) is 5.82 Å². The Balaban J connectivity index is 1.14. The van der Waals surface area contributed by atoms with Gasteiger partial charge in [-0.2, -0.15) is 4.98 Å². The Kier molecular flexibility index (Phi) is 6.50. The van der Waals surface area contributed by atoms with Crippen LogP contribution in [-0.4, -0.2) is 65.4 Å². The summed E-state index contributed by atoms with van der Waals surface area (Å²) in [5.41, 5.74) is 1.75. The number of aromatic nitrogens is 3. The molecule has 0 saturated carbocycles. The van der Waals surface area contributed by atoms with Gasteiger partial charge < -0.3 is 23.9 Å². The van der Waals surface area contributed by atoms with Crippen molar-refractivity contribution in [2.24, 2.45) is 5.92 Å². The average Bonchev–Trinajstić information content (AvgIpc) is 3.51. The quantitative estimate of drug-likeness (QED) is 0.567. The van der Waals surface area contributed by atoms with E-state index in [1.807, 2.05) is 35.4 Å². The van der Waals surface area contributed by atoms with Crippen molar-refractivity contribution in [1.29, 1.82) is 0 Å². The van der Waals surface area contributed by atoms with Gasteiger partial charge in [0.05, 0.1) is 12.5 Å². The molecule has 32 heavy (non-hydrogen) atoms. The summed E-state index contributed by atoms with van der Waals surface area (Å²) in [5.74, 6) is 2.02. The van der Waals surface area contributed by atoms with E-state index in [0.717, 1.165) is 63.0 Å². The fourth-order valence-corrected chi connectivity index (χ4v) is 4.59. The van der Waals surface area contributed by atoms with Crippen LogP contribution in [0, 0.1) is 5.92 Å². The second-order valence-electron chi connectivity index (χ2n) is 8.80. The molecule has 2 aliphatic rings. The first-order valence-electron chi connectivity index (χ1n) is 11.6. The number of aromatic amines is 1. The molecule has 4 heterocycles. The molecule has 1 amide bonds. The Morgan fingerprint density at radius 2 is 2.12 bits per heavy atom. The molecular formula is C24H30N4O4. The van der Waals surface area contributed by atoms with E-state index in [0.29, 0.717) is 42.8 Å². The molecule has 8 heteroatoms. The molecule has 1 unspecified atom stereocenters. The van der Waals surface area contributed by atoms with Crippen LogP contribution in [0.15, 0.2) is 35.0 Å². The maximum atomic E-state index is 13.1. The van der Waals surface area contributed by atoms with Gasteiger partial charge in [0.25, 0.3) is 5.91 Å². The van der Waals surface area contributed by atoms with Crippen LogP contribution in [0.2, 0.25) is 0 Å². The lowest BCUT2D eigenvalue weighted by atomic mass is 9.97. The number of piperidine rings is 1. The largest absolute Gasteiger partial charge is 0.381 e. The Morgan fingerprint density at radius 1 is 1.22 bits per heavy atom. The molecule has 2 saturated heterocycles. The first kappa shape index (κ1) is 21.2. The number of carbonyl (C=O) groups excluding carboxylic acids is 1. The lowest BCUT2D eigenvalue weighted by molar-refractivity contribution is 0.0211. The predicted molar refractivity (Wildman–Crippen MR) is 119 cm³/mol. The maximum absolute atomic E-state index is 13.1. The van der Waals surface area contributed by atoms with E-state index in [2.05, 4.69) is 15.1 Å². The third-order valence-corrected chi connectivity index (χ3v) is 6.51. The number of carbonyl (C=O) groups is 1.